The highest BCUT2D eigenvalue weighted by molar-refractivity contribution is 6.31. The summed E-state index contributed by atoms with van der Waals surface area (Å²) in [6.07, 6.45) is 0.809. The van der Waals surface area contributed by atoms with E-state index >= 15 is 0 Å². The molecule has 4 nitrogen and oxygen atoms in total. The largest absolute Gasteiger partial charge is 0.354 e. The van der Waals surface area contributed by atoms with Crippen LogP contribution in [0, 0.1) is 5.82 Å². The van der Waals surface area contributed by atoms with Gasteiger partial charge in [-0.05, 0) is 41.8 Å². The number of hydrogen-bond donors (Lipinski definition) is 1. The molecule has 0 radical (unpaired) electrons. The lowest BCUT2D eigenvalue weighted by Gasteiger charge is -2.32. The third kappa shape index (κ3) is 7.05. The highest BCUT2D eigenvalue weighted by Crippen LogP contribution is 2.23. The minimum Gasteiger partial charge on any atom is -0.354 e. The standard InChI is InChI=1S/C27H27Cl2FN2O2/c1-2-14-31-27(34)25(16-19-8-4-3-5-9-19)32(18-20-10-6-11-21(28)15-20)26(33)17-22-23(29)12-7-13-24(22)30/h3-13,15,25H,2,14,16-18H2,1H3,(H,31,34)/t25-/m0/s1. The summed E-state index contributed by atoms with van der Waals surface area (Å²) in [5, 5.41) is 3.61. The predicted molar refractivity (Wildman–Crippen MR) is 134 cm³/mol. The van der Waals surface area contributed by atoms with Crippen molar-refractivity contribution >= 4 is 35.0 Å². The highest BCUT2D eigenvalue weighted by atomic mass is 35.5. The molecule has 0 saturated heterocycles. The SMILES string of the molecule is CCCNC(=O)[C@H](Cc1ccccc1)N(Cc1cccc(Cl)c1)C(=O)Cc1c(F)cccc1Cl. The molecule has 2 amide bonds. The lowest BCUT2D eigenvalue weighted by Crippen LogP contribution is -2.51. The van der Waals surface area contributed by atoms with Crippen LogP contribution in [0.15, 0.2) is 72.8 Å². The molecule has 0 aliphatic rings. The molecule has 3 rings (SSSR count). The first-order valence-corrected chi connectivity index (χ1v) is 11.9. The van der Waals surface area contributed by atoms with E-state index < -0.39 is 17.8 Å². The molecule has 0 bridgehead atoms. The Bertz CT molecular complexity index is 1100. The van der Waals surface area contributed by atoms with Gasteiger partial charge >= 0.3 is 0 Å². The van der Waals surface area contributed by atoms with Gasteiger partial charge in [0, 0.05) is 35.1 Å². The van der Waals surface area contributed by atoms with Crippen LogP contribution < -0.4 is 5.32 Å². The maximum Gasteiger partial charge on any atom is 0.243 e. The van der Waals surface area contributed by atoms with Crippen molar-refractivity contribution in [3.8, 4) is 0 Å². The second kappa shape index (κ2) is 12.5. The third-order valence-electron chi connectivity index (χ3n) is 5.45. The number of hydrogen-bond acceptors (Lipinski definition) is 2. The summed E-state index contributed by atoms with van der Waals surface area (Å²) in [6.45, 7) is 2.59. The molecule has 0 unspecified atom stereocenters. The minimum atomic E-state index is -0.800. The number of carbonyl (C=O) groups is 2. The molecule has 0 aromatic heterocycles. The molecule has 0 saturated carbocycles. The van der Waals surface area contributed by atoms with Gasteiger partial charge in [0.15, 0.2) is 0 Å². The lowest BCUT2D eigenvalue weighted by molar-refractivity contribution is -0.140. The Morgan fingerprint density at radius 3 is 2.35 bits per heavy atom. The van der Waals surface area contributed by atoms with Gasteiger partial charge in [0.05, 0.1) is 6.42 Å². The van der Waals surface area contributed by atoms with Gasteiger partial charge in [0.2, 0.25) is 11.8 Å². The number of carbonyl (C=O) groups excluding carboxylic acids is 2. The predicted octanol–water partition coefficient (Wildman–Crippen LogP) is 5.84. The zero-order valence-electron chi connectivity index (χ0n) is 18.9. The minimum absolute atomic E-state index is 0.109. The van der Waals surface area contributed by atoms with Crippen molar-refractivity contribution in [2.75, 3.05) is 6.54 Å². The van der Waals surface area contributed by atoms with E-state index in [-0.39, 0.29) is 29.5 Å². The fraction of sp³-hybridized carbons (Fsp3) is 0.259. The average molecular weight is 501 g/mol. The molecule has 1 atom stereocenters. The second-order valence-corrected chi connectivity index (χ2v) is 8.87. The highest BCUT2D eigenvalue weighted by Gasteiger charge is 2.31. The summed E-state index contributed by atoms with van der Waals surface area (Å²) in [4.78, 5) is 28.4. The summed E-state index contributed by atoms with van der Waals surface area (Å²) >= 11 is 12.4. The Morgan fingerprint density at radius 2 is 1.68 bits per heavy atom. The average Bonchev–Trinajstić information content (AvgIpc) is 2.82. The lowest BCUT2D eigenvalue weighted by atomic mass is 10.0. The first-order chi connectivity index (χ1) is 16.4. The number of rotatable bonds is 10. The van der Waals surface area contributed by atoms with Gasteiger partial charge in [0.25, 0.3) is 0 Å². The van der Waals surface area contributed by atoms with Crippen LogP contribution in [-0.4, -0.2) is 29.3 Å². The Hall–Kier alpha value is -2.89. The van der Waals surface area contributed by atoms with Crippen LogP contribution in [0.2, 0.25) is 10.0 Å². The maximum absolute atomic E-state index is 14.5. The smallest absolute Gasteiger partial charge is 0.243 e. The fourth-order valence-electron chi connectivity index (χ4n) is 3.71. The van der Waals surface area contributed by atoms with Gasteiger partial charge in [-0.2, -0.15) is 0 Å². The van der Waals surface area contributed by atoms with E-state index in [4.69, 9.17) is 23.2 Å². The van der Waals surface area contributed by atoms with Gasteiger partial charge in [-0.3, -0.25) is 9.59 Å². The zero-order valence-corrected chi connectivity index (χ0v) is 20.5. The first-order valence-electron chi connectivity index (χ1n) is 11.2. The van der Waals surface area contributed by atoms with Crippen molar-refractivity contribution < 1.29 is 14.0 Å². The summed E-state index contributed by atoms with van der Waals surface area (Å²) in [7, 11) is 0. The molecule has 34 heavy (non-hydrogen) atoms. The third-order valence-corrected chi connectivity index (χ3v) is 6.04. The van der Waals surface area contributed by atoms with Gasteiger partial charge in [-0.1, -0.05) is 78.7 Å². The number of nitrogens with one attached hydrogen (secondary N) is 1. The molecule has 3 aromatic rings. The number of halogens is 3. The van der Waals surface area contributed by atoms with Crippen molar-refractivity contribution in [2.24, 2.45) is 0 Å². The molecular weight excluding hydrogens is 474 g/mol. The van der Waals surface area contributed by atoms with E-state index in [0.717, 1.165) is 17.5 Å². The Morgan fingerprint density at radius 1 is 0.971 bits per heavy atom. The van der Waals surface area contributed by atoms with Gasteiger partial charge in [0.1, 0.15) is 11.9 Å². The van der Waals surface area contributed by atoms with Crippen LogP contribution in [0.1, 0.15) is 30.0 Å². The summed E-state index contributed by atoms with van der Waals surface area (Å²) in [5.41, 5.74) is 1.78. The number of nitrogens with zero attached hydrogens (tertiary/aromatic N) is 1. The zero-order chi connectivity index (χ0) is 24.5. The van der Waals surface area contributed by atoms with E-state index in [1.807, 2.05) is 43.3 Å². The van der Waals surface area contributed by atoms with Crippen LogP contribution in [0.25, 0.3) is 0 Å². The molecular formula is C27H27Cl2FN2O2. The summed E-state index contributed by atoms with van der Waals surface area (Å²) in [6, 6.07) is 20.1. The van der Waals surface area contributed by atoms with E-state index in [1.165, 1.54) is 17.0 Å². The molecule has 178 valence electrons. The molecule has 0 heterocycles. The van der Waals surface area contributed by atoms with Crippen molar-refractivity contribution in [2.45, 2.75) is 38.8 Å². The molecule has 0 fully saturated rings. The quantitative estimate of drug-likeness (QED) is 0.380. The van der Waals surface area contributed by atoms with Crippen LogP contribution in [0.5, 0.6) is 0 Å². The Balaban J connectivity index is 1.99. The van der Waals surface area contributed by atoms with E-state index in [2.05, 4.69) is 5.32 Å². The van der Waals surface area contributed by atoms with Gasteiger partial charge in [-0.15, -0.1) is 0 Å². The van der Waals surface area contributed by atoms with E-state index in [0.29, 0.717) is 18.0 Å². The van der Waals surface area contributed by atoms with Crippen molar-refractivity contribution in [1.29, 1.82) is 0 Å². The summed E-state index contributed by atoms with van der Waals surface area (Å²) in [5.74, 6) is -1.22. The fourth-order valence-corrected chi connectivity index (χ4v) is 4.15. The van der Waals surface area contributed by atoms with Crippen LogP contribution >= 0.6 is 23.2 Å². The number of benzene rings is 3. The van der Waals surface area contributed by atoms with Crippen molar-refractivity contribution in [1.82, 2.24) is 10.2 Å². The second-order valence-electron chi connectivity index (χ2n) is 8.03. The molecule has 1 N–H and O–H groups in total. The van der Waals surface area contributed by atoms with E-state index in [9.17, 15) is 14.0 Å². The first kappa shape index (κ1) is 25.7. The van der Waals surface area contributed by atoms with Crippen molar-refractivity contribution in [3.63, 3.8) is 0 Å². The molecule has 3 aromatic carbocycles. The Labute approximate surface area is 209 Å². The maximum atomic E-state index is 14.5. The normalized spacial score (nSPS) is 11.6. The summed E-state index contributed by atoms with van der Waals surface area (Å²) < 4.78 is 14.5. The molecule has 0 aliphatic carbocycles. The van der Waals surface area contributed by atoms with Gasteiger partial charge in [-0.25, -0.2) is 4.39 Å². The molecule has 0 aliphatic heterocycles. The number of amides is 2. The van der Waals surface area contributed by atoms with Crippen molar-refractivity contribution in [3.05, 3.63) is 105 Å². The van der Waals surface area contributed by atoms with Crippen LogP contribution in [-0.2, 0) is 29.0 Å². The molecule has 7 heteroatoms. The van der Waals surface area contributed by atoms with E-state index in [1.54, 1.807) is 24.3 Å². The molecule has 0 spiro atoms. The van der Waals surface area contributed by atoms with Crippen LogP contribution in [0.3, 0.4) is 0 Å². The monoisotopic (exact) mass is 500 g/mol. The van der Waals surface area contributed by atoms with Crippen LogP contribution in [0.4, 0.5) is 4.39 Å². The topological polar surface area (TPSA) is 49.4 Å². The van der Waals surface area contributed by atoms with Gasteiger partial charge < -0.3 is 10.2 Å². The Kier molecular flexibility index (Phi) is 9.49.